The average molecular weight is 352 g/mol. The van der Waals surface area contributed by atoms with E-state index in [-0.39, 0.29) is 0 Å². The molecular weight excluding hydrogens is 335 g/mol. The van der Waals surface area contributed by atoms with Crippen molar-refractivity contribution < 1.29 is 0 Å². The second-order valence-electron chi connectivity index (χ2n) is 4.43. The van der Waals surface area contributed by atoms with E-state index in [1.165, 1.54) is 5.56 Å². The van der Waals surface area contributed by atoms with Gasteiger partial charge in [-0.25, -0.2) is 0 Å². The minimum Gasteiger partial charge on any atom is -0.198 e. The molecule has 0 saturated heterocycles. The number of hydrogen-bond acceptors (Lipinski definition) is 2. The number of rotatable bonds is 6. The maximum atomic E-state index is 9.55. The number of hydrogen-bond donors (Lipinski definition) is 0. The lowest BCUT2D eigenvalue weighted by molar-refractivity contribution is 0.464. The average Bonchev–Trinajstić information content (AvgIpc) is 2.44. The first kappa shape index (κ1) is 15.0. The summed E-state index contributed by atoms with van der Waals surface area (Å²) in [5.41, 5.74) is 1.83. The molecule has 0 aliphatic rings. The smallest absolute Gasteiger partial charge is 0.0832 e. The summed E-state index contributed by atoms with van der Waals surface area (Å²) in [5, 5.41) is 18.3. The van der Waals surface area contributed by atoms with E-state index < -0.39 is 5.41 Å². The number of nitriles is 2. The molecule has 0 saturated carbocycles. The molecule has 0 spiro atoms. The molecule has 2 nitrogen and oxygen atoms in total. The van der Waals surface area contributed by atoms with Gasteiger partial charge in [0.25, 0.3) is 0 Å². The van der Waals surface area contributed by atoms with Crippen molar-refractivity contribution >= 4 is 22.6 Å². The maximum Gasteiger partial charge on any atom is 0.0832 e. The van der Waals surface area contributed by atoms with Crippen molar-refractivity contribution in [1.82, 2.24) is 0 Å². The van der Waals surface area contributed by atoms with Crippen LogP contribution in [0.4, 0.5) is 0 Å². The van der Waals surface area contributed by atoms with Gasteiger partial charge >= 0.3 is 0 Å². The second kappa shape index (κ2) is 7.38. The maximum absolute atomic E-state index is 9.55. The van der Waals surface area contributed by atoms with E-state index in [0.29, 0.717) is 12.8 Å². The molecule has 18 heavy (non-hydrogen) atoms. The summed E-state index contributed by atoms with van der Waals surface area (Å²) in [6.45, 7) is 2.08. The Hall–Kier alpha value is -1.07. The van der Waals surface area contributed by atoms with Crippen LogP contribution in [0.25, 0.3) is 0 Å². The Bertz CT molecular complexity index is 453. The highest BCUT2D eigenvalue weighted by molar-refractivity contribution is 14.1. The molecule has 0 N–H and O–H groups in total. The third kappa shape index (κ3) is 3.46. The lowest BCUT2D eigenvalue weighted by Crippen LogP contribution is -2.23. The predicted octanol–water partition coefficient (Wildman–Crippen LogP) is 4.49. The molecule has 0 aliphatic heterocycles. The molecule has 0 fully saturated rings. The first-order valence-corrected chi connectivity index (χ1v) is 7.68. The van der Waals surface area contributed by atoms with Crippen LogP contribution in [0.2, 0.25) is 0 Å². The van der Waals surface area contributed by atoms with E-state index in [1.54, 1.807) is 0 Å². The molecule has 1 unspecified atom stereocenters. The van der Waals surface area contributed by atoms with Gasteiger partial charge in [-0.3, -0.25) is 0 Å². The molecule has 0 amide bonds. The molecule has 1 aromatic carbocycles. The summed E-state index contributed by atoms with van der Waals surface area (Å²) in [5.74, 6) is 0. The third-order valence-electron chi connectivity index (χ3n) is 3.22. The van der Waals surface area contributed by atoms with Crippen LogP contribution < -0.4 is 0 Å². The van der Waals surface area contributed by atoms with Gasteiger partial charge in [0.1, 0.15) is 0 Å². The van der Waals surface area contributed by atoms with Gasteiger partial charge < -0.3 is 0 Å². The SMILES string of the molecule is CCCC(C#N)(CCC#N)c1ccc(CI)cc1. The van der Waals surface area contributed by atoms with E-state index in [2.05, 4.69) is 53.8 Å². The van der Waals surface area contributed by atoms with Crippen molar-refractivity contribution in [3.63, 3.8) is 0 Å². The fourth-order valence-electron chi connectivity index (χ4n) is 2.20. The summed E-state index contributed by atoms with van der Waals surface area (Å²) in [6, 6.07) is 12.9. The number of alkyl halides is 1. The van der Waals surface area contributed by atoms with Crippen molar-refractivity contribution in [3.05, 3.63) is 35.4 Å². The Morgan fingerprint density at radius 2 is 1.83 bits per heavy atom. The Balaban J connectivity index is 3.08. The van der Waals surface area contributed by atoms with Crippen molar-refractivity contribution in [2.45, 2.75) is 42.4 Å². The molecule has 1 atom stereocenters. The molecule has 94 valence electrons. The van der Waals surface area contributed by atoms with Crippen LogP contribution in [-0.4, -0.2) is 0 Å². The number of benzene rings is 1. The summed E-state index contributed by atoms with van der Waals surface area (Å²) < 4.78 is 0.976. The first-order chi connectivity index (χ1) is 8.72. The van der Waals surface area contributed by atoms with Gasteiger partial charge in [-0.05, 0) is 24.0 Å². The van der Waals surface area contributed by atoms with E-state index >= 15 is 0 Å². The quantitative estimate of drug-likeness (QED) is 0.560. The molecule has 1 rings (SSSR count). The Morgan fingerprint density at radius 1 is 1.17 bits per heavy atom. The predicted molar refractivity (Wildman–Crippen MR) is 81.2 cm³/mol. The zero-order valence-corrected chi connectivity index (χ0v) is 12.8. The minimum atomic E-state index is -0.492. The van der Waals surface area contributed by atoms with E-state index in [9.17, 15) is 5.26 Å². The van der Waals surface area contributed by atoms with Crippen LogP contribution in [0, 0.1) is 22.7 Å². The van der Waals surface area contributed by atoms with Crippen LogP contribution in [0.15, 0.2) is 24.3 Å². The van der Waals surface area contributed by atoms with Gasteiger partial charge in [0.15, 0.2) is 0 Å². The van der Waals surface area contributed by atoms with Gasteiger partial charge in [-0.15, -0.1) is 0 Å². The van der Waals surface area contributed by atoms with Gasteiger partial charge in [0.05, 0.1) is 17.6 Å². The standard InChI is InChI=1S/C15H17IN2/c1-2-8-15(12-18,9-3-10-17)14-6-4-13(11-16)5-7-14/h4-7H,2-3,8-9,11H2,1H3. The Morgan fingerprint density at radius 3 is 2.28 bits per heavy atom. The minimum absolute atomic E-state index is 0.432. The van der Waals surface area contributed by atoms with Crippen molar-refractivity contribution in [2.75, 3.05) is 0 Å². The third-order valence-corrected chi connectivity index (χ3v) is 4.10. The first-order valence-electron chi connectivity index (χ1n) is 6.16. The van der Waals surface area contributed by atoms with Crippen LogP contribution >= 0.6 is 22.6 Å². The lowest BCUT2D eigenvalue weighted by atomic mass is 9.74. The monoisotopic (exact) mass is 352 g/mol. The number of halogens is 1. The second-order valence-corrected chi connectivity index (χ2v) is 5.20. The molecule has 1 aromatic rings. The molecule has 0 aliphatic carbocycles. The molecule has 0 bridgehead atoms. The lowest BCUT2D eigenvalue weighted by Gasteiger charge is -2.26. The normalized spacial score (nSPS) is 13.3. The van der Waals surface area contributed by atoms with E-state index in [1.807, 2.05) is 12.1 Å². The van der Waals surface area contributed by atoms with Crippen LogP contribution in [0.5, 0.6) is 0 Å². The summed E-state index contributed by atoms with van der Waals surface area (Å²) in [4.78, 5) is 0. The van der Waals surface area contributed by atoms with Gasteiger partial charge in [-0.2, -0.15) is 10.5 Å². The van der Waals surface area contributed by atoms with Crippen LogP contribution in [-0.2, 0) is 9.84 Å². The Kier molecular flexibility index (Phi) is 6.15. The van der Waals surface area contributed by atoms with E-state index in [4.69, 9.17) is 5.26 Å². The van der Waals surface area contributed by atoms with Crippen molar-refractivity contribution in [2.24, 2.45) is 0 Å². The highest BCUT2D eigenvalue weighted by Gasteiger charge is 2.30. The summed E-state index contributed by atoms with van der Waals surface area (Å²) in [6.07, 6.45) is 2.82. The van der Waals surface area contributed by atoms with Gasteiger partial charge in [0.2, 0.25) is 0 Å². The Labute approximate surface area is 123 Å². The fraction of sp³-hybridized carbons (Fsp3) is 0.467. The summed E-state index contributed by atoms with van der Waals surface area (Å²) >= 11 is 2.33. The van der Waals surface area contributed by atoms with Crippen LogP contribution in [0.3, 0.4) is 0 Å². The van der Waals surface area contributed by atoms with Crippen molar-refractivity contribution in [1.29, 1.82) is 10.5 Å². The van der Waals surface area contributed by atoms with Gasteiger partial charge in [0, 0.05) is 10.8 Å². The molecule has 3 heteroatoms. The fourth-order valence-corrected chi connectivity index (χ4v) is 2.71. The largest absolute Gasteiger partial charge is 0.198 e. The van der Waals surface area contributed by atoms with Gasteiger partial charge in [-0.1, -0.05) is 60.2 Å². The highest BCUT2D eigenvalue weighted by atomic mass is 127. The molecule has 0 aromatic heterocycles. The number of nitrogens with zero attached hydrogens (tertiary/aromatic N) is 2. The van der Waals surface area contributed by atoms with E-state index in [0.717, 1.165) is 22.8 Å². The molecule has 0 radical (unpaired) electrons. The zero-order valence-electron chi connectivity index (χ0n) is 10.6. The topological polar surface area (TPSA) is 47.6 Å². The molecule has 0 heterocycles. The van der Waals surface area contributed by atoms with Crippen LogP contribution in [0.1, 0.15) is 43.7 Å². The van der Waals surface area contributed by atoms with Crippen molar-refractivity contribution in [3.8, 4) is 12.1 Å². The highest BCUT2D eigenvalue weighted by Crippen LogP contribution is 2.34. The molecular formula is C15H17IN2. The summed E-state index contributed by atoms with van der Waals surface area (Å²) in [7, 11) is 0. The zero-order chi connectivity index (χ0) is 13.4.